The Labute approximate surface area is 139 Å². The van der Waals surface area contributed by atoms with Crippen molar-refractivity contribution in [1.29, 1.82) is 0 Å². The Morgan fingerprint density at radius 2 is 1.57 bits per heavy atom. The fourth-order valence-electron chi connectivity index (χ4n) is 1.60. The topological polar surface area (TPSA) is 9.23 Å². The number of hydrogen-bond acceptors (Lipinski definition) is 1. The summed E-state index contributed by atoms with van der Waals surface area (Å²) in [7, 11) is 0. The first-order valence-corrected chi connectivity index (χ1v) is 10.3. The second-order valence-corrected chi connectivity index (χ2v) is 8.73. The molecule has 0 bridgehead atoms. The Hall–Kier alpha value is -1.08. The van der Waals surface area contributed by atoms with Crippen molar-refractivity contribution in [3.05, 3.63) is 82.8 Å². The van der Waals surface area contributed by atoms with E-state index in [-0.39, 0.29) is 0 Å². The van der Waals surface area contributed by atoms with Crippen LogP contribution in [0.4, 0.5) is 0 Å². The molecule has 0 aliphatic carbocycles. The molecular formula is C18H18OSe2. The molecule has 2 rings (SSSR count). The third kappa shape index (κ3) is 6.48. The second kappa shape index (κ2) is 9.78. The molecule has 0 heterocycles. The first-order chi connectivity index (χ1) is 10.4. The normalized spacial score (nSPS) is 11.3. The van der Waals surface area contributed by atoms with Gasteiger partial charge in [-0.1, -0.05) is 0 Å². The van der Waals surface area contributed by atoms with E-state index in [9.17, 15) is 0 Å². The van der Waals surface area contributed by atoms with Crippen molar-refractivity contribution in [2.24, 2.45) is 0 Å². The van der Waals surface area contributed by atoms with Crippen molar-refractivity contribution in [2.75, 3.05) is 13.2 Å². The molecule has 2 aromatic carbocycles. The molecule has 0 saturated carbocycles. The predicted molar refractivity (Wildman–Crippen MR) is 92.8 cm³/mol. The van der Waals surface area contributed by atoms with E-state index >= 15 is 0 Å². The van der Waals surface area contributed by atoms with Gasteiger partial charge in [0.1, 0.15) is 0 Å². The monoisotopic (exact) mass is 410 g/mol. The predicted octanol–water partition coefficient (Wildman–Crippen LogP) is 2.09. The summed E-state index contributed by atoms with van der Waals surface area (Å²) in [6.07, 6.45) is 1.80. The van der Waals surface area contributed by atoms with Crippen LogP contribution >= 0.6 is 0 Å². The van der Waals surface area contributed by atoms with Crippen LogP contribution in [0, 0.1) is 0 Å². The Morgan fingerprint density at radius 1 is 0.952 bits per heavy atom. The van der Waals surface area contributed by atoms with E-state index in [1.165, 1.54) is 13.4 Å². The molecule has 0 atom stereocenters. The molecule has 0 amide bonds. The zero-order valence-electron chi connectivity index (χ0n) is 11.8. The van der Waals surface area contributed by atoms with Gasteiger partial charge in [-0.2, -0.15) is 0 Å². The maximum absolute atomic E-state index is 5.64. The van der Waals surface area contributed by atoms with Gasteiger partial charge < -0.3 is 0 Å². The average Bonchev–Trinajstić information content (AvgIpc) is 2.54. The minimum absolute atomic E-state index is 0.332. The first-order valence-electron chi connectivity index (χ1n) is 6.71. The van der Waals surface area contributed by atoms with Crippen molar-refractivity contribution in [2.45, 2.75) is 0 Å². The van der Waals surface area contributed by atoms with Crippen molar-refractivity contribution in [3.63, 3.8) is 0 Å². The van der Waals surface area contributed by atoms with Gasteiger partial charge in [-0.15, -0.1) is 0 Å². The van der Waals surface area contributed by atoms with Crippen LogP contribution in [0.1, 0.15) is 0 Å². The van der Waals surface area contributed by atoms with Crippen molar-refractivity contribution in [1.82, 2.24) is 0 Å². The third-order valence-corrected chi connectivity index (χ3v) is 7.39. The van der Waals surface area contributed by atoms with Gasteiger partial charge in [0.05, 0.1) is 0 Å². The summed E-state index contributed by atoms with van der Waals surface area (Å²) >= 11 is 0.698. The van der Waals surface area contributed by atoms with Gasteiger partial charge in [0.25, 0.3) is 0 Å². The summed E-state index contributed by atoms with van der Waals surface area (Å²) in [5.74, 6) is 0. The quantitative estimate of drug-likeness (QED) is 0.369. The molecule has 0 N–H and O–H groups in total. The SMILES string of the molecule is C=CCOC/C(=C/[Se]c1ccccc1)[Se]c1ccccc1. The number of rotatable bonds is 8. The fraction of sp³-hybridized carbons (Fsp3) is 0.111. The van der Waals surface area contributed by atoms with E-state index in [2.05, 4.69) is 72.2 Å². The molecule has 0 radical (unpaired) electrons. The van der Waals surface area contributed by atoms with E-state index in [0.717, 1.165) is 0 Å². The summed E-state index contributed by atoms with van der Waals surface area (Å²) in [4.78, 5) is 2.37. The van der Waals surface area contributed by atoms with Crippen LogP contribution < -0.4 is 8.92 Å². The summed E-state index contributed by atoms with van der Waals surface area (Å²) in [6.45, 7) is 5.02. The molecule has 0 spiro atoms. The first kappa shape index (κ1) is 16.3. The van der Waals surface area contributed by atoms with Crippen LogP contribution in [0.2, 0.25) is 0 Å². The Kier molecular flexibility index (Phi) is 7.59. The second-order valence-electron chi connectivity index (χ2n) is 4.23. The van der Waals surface area contributed by atoms with Crippen LogP contribution in [0.25, 0.3) is 0 Å². The number of ether oxygens (including phenoxy) is 1. The summed E-state index contributed by atoms with van der Waals surface area (Å²) in [6, 6.07) is 21.3. The summed E-state index contributed by atoms with van der Waals surface area (Å²) in [5.41, 5.74) is 0. The summed E-state index contributed by atoms with van der Waals surface area (Å²) in [5, 5.41) is 0. The van der Waals surface area contributed by atoms with E-state index in [0.29, 0.717) is 43.1 Å². The van der Waals surface area contributed by atoms with E-state index in [4.69, 9.17) is 4.74 Å². The van der Waals surface area contributed by atoms with Gasteiger partial charge in [0, 0.05) is 0 Å². The maximum atomic E-state index is 5.64. The van der Waals surface area contributed by atoms with Crippen LogP contribution in [-0.2, 0) is 4.74 Å². The van der Waals surface area contributed by atoms with Crippen molar-refractivity contribution >= 4 is 38.8 Å². The molecule has 108 valence electrons. The molecule has 0 aliphatic rings. The Morgan fingerprint density at radius 3 is 2.19 bits per heavy atom. The van der Waals surface area contributed by atoms with Crippen LogP contribution in [-0.4, -0.2) is 43.1 Å². The number of hydrogen-bond donors (Lipinski definition) is 0. The minimum atomic E-state index is 0.332. The zero-order chi connectivity index (χ0) is 14.8. The van der Waals surface area contributed by atoms with Gasteiger partial charge in [0.15, 0.2) is 0 Å². The molecule has 3 heteroatoms. The van der Waals surface area contributed by atoms with Gasteiger partial charge in [-0.25, -0.2) is 0 Å². The molecular weight excluding hydrogens is 390 g/mol. The van der Waals surface area contributed by atoms with Gasteiger partial charge in [-0.05, 0) is 0 Å². The molecule has 2 aromatic rings. The Balaban J connectivity index is 2.02. The molecule has 0 fully saturated rings. The van der Waals surface area contributed by atoms with Crippen molar-refractivity contribution in [3.8, 4) is 0 Å². The zero-order valence-corrected chi connectivity index (χ0v) is 15.2. The van der Waals surface area contributed by atoms with Crippen LogP contribution in [0.15, 0.2) is 82.8 Å². The number of benzene rings is 2. The average molecular weight is 408 g/mol. The molecule has 0 saturated heterocycles. The Bertz CT molecular complexity index is 564. The third-order valence-electron chi connectivity index (χ3n) is 2.54. The fourth-order valence-corrected chi connectivity index (χ4v) is 5.67. The standard InChI is InChI=1S/C18H18OSe2/c1-2-13-19-14-18(21-17-11-7-4-8-12-17)15-20-16-9-5-3-6-10-16/h2-12,15H,1,13-14H2/b18-15-. The molecule has 1 nitrogen and oxygen atoms in total. The van der Waals surface area contributed by atoms with Crippen molar-refractivity contribution < 1.29 is 4.74 Å². The van der Waals surface area contributed by atoms with Crippen LogP contribution in [0.5, 0.6) is 0 Å². The molecule has 0 unspecified atom stereocenters. The van der Waals surface area contributed by atoms with E-state index in [1.54, 1.807) is 6.08 Å². The molecule has 0 aromatic heterocycles. The molecule has 0 aliphatic heterocycles. The van der Waals surface area contributed by atoms with E-state index < -0.39 is 0 Å². The summed E-state index contributed by atoms with van der Waals surface area (Å²) < 4.78 is 9.84. The van der Waals surface area contributed by atoms with Gasteiger partial charge in [0.2, 0.25) is 0 Å². The van der Waals surface area contributed by atoms with Gasteiger partial charge >= 0.3 is 140 Å². The van der Waals surface area contributed by atoms with Gasteiger partial charge in [-0.3, -0.25) is 0 Å². The molecule has 21 heavy (non-hydrogen) atoms. The van der Waals surface area contributed by atoms with E-state index in [1.807, 2.05) is 0 Å². The van der Waals surface area contributed by atoms with Crippen LogP contribution in [0.3, 0.4) is 0 Å².